The Balaban J connectivity index is 4.50. The molecule has 0 aliphatic carbocycles. The summed E-state index contributed by atoms with van der Waals surface area (Å²) in [7, 11) is 0. The van der Waals surface area contributed by atoms with Gasteiger partial charge in [-0.25, -0.2) is 0 Å². The molecule has 0 spiro atoms. The first-order valence-corrected chi connectivity index (χ1v) is 24.2. The lowest BCUT2D eigenvalue weighted by molar-refractivity contribution is -0.167. The molecule has 0 rings (SSSR count). The summed E-state index contributed by atoms with van der Waals surface area (Å²) in [6.07, 6.45) is 62.4. The van der Waals surface area contributed by atoms with Crippen LogP contribution in [-0.4, -0.2) is 37.2 Å². The molecule has 0 radical (unpaired) electrons. The van der Waals surface area contributed by atoms with E-state index in [0.717, 1.165) is 148 Å². The number of rotatable bonds is 42. The van der Waals surface area contributed by atoms with Gasteiger partial charge in [-0.3, -0.25) is 14.4 Å². The predicted molar refractivity (Wildman–Crippen MR) is 256 cm³/mol. The third-order valence-electron chi connectivity index (χ3n) is 9.80. The highest BCUT2D eigenvalue weighted by atomic mass is 16.6. The van der Waals surface area contributed by atoms with E-state index in [9.17, 15) is 14.4 Å². The van der Waals surface area contributed by atoms with E-state index in [1.165, 1.54) is 19.3 Å². The van der Waals surface area contributed by atoms with Crippen LogP contribution < -0.4 is 0 Å². The van der Waals surface area contributed by atoms with Gasteiger partial charge in [0.2, 0.25) is 0 Å². The second kappa shape index (κ2) is 48.0. The first-order valence-electron chi connectivity index (χ1n) is 24.2. The van der Waals surface area contributed by atoms with Crippen molar-refractivity contribution in [2.75, 3.05) is 13.2 Å². The minimum atomic E-state index is -0.804. The summed E-state index contributed by atoms with van der Waals surface area (Å²) in [6, 6.07) is 0. The lowest BCUT2D eigenvalue weighted by atomic mass is 10.1. The van der Waals surface area contributed by atoms with Crippen LogP contribution in [0, 0.1) is 0 Å². The molecule has 1 atom stereocenters. The molecule has 0 aromatic carbocycles. The van der Waals surface area contributed by atoms with Crippen LogP contribution in [0.3, 0.4) is 0 Å². The van der Waals surface area contributed by atoms with Crippen molar-refractivity contribution in [3.05, 3.63) is 97.2 Å². The molecule has 1 unspecified atom stereocenters. The molecule has 340 valence electrons. The van der Waals surface area contributed by atoms with Crippen LogP contribution >= 0.6 is 0 Å². The monoisotopic (exact) mass is 833 g/mol. The Morgan fingerprint density at radius 1 is 0.350 bits per heavy atom. The SMILES string of the molecule is CC/C=C\C/C=C\C/C=C\CCCCCCCC(=O)OCC(COC(=O)CCCCC/C=C\C/C=C\C/C=C\CC)OC(=O)CCCCCCC/C=C\C/C=C\CCCC. The van der Waals surface area contributed by atoms with E-state index in [4.69, 9.17) is 14.2 Å². The zero-order valence-corrected chi connectivity index (χ0v) is 38.7. The highest BCUT2D eigenvalue weighted by Crippen LogP contribution is 2.12. The first-order chi connectivity index (χ1) is 29.5. The summed E-state index contributed by atoms with van der Waals surface area (Å²) in [4.78, 5) is 37.9. The number of carbonyl (C=O) groups excluding carboxylic acids is 3. The van der Waals surface area contributed by atoms with Gasteiger partial charge in [-0.2, -0.15) is 0 Å². The van der Waals surface area contributed by atoms with Gasteiger partial charge in [0.25, 0.3) is 0 Å². The Kier molecular flexibility index (Phi) is 45.1. The molecule has 0 fully saturated rings. The molecule has 0 saturated heterocycles. The molecule has 0 aliphatic rings. The quantitative estimate of drug-likeness (QED) is 0.0264. The van der Waals surface area contributed by atoms with Crippen molar-refractivity contribution in [1.82, 2.24) is 0 Å². The average molecular weight is 833 g/mol. The highest BCUT2D eigenvalue weighted by Gasteiger charge is 2.19. The summed E-state index contributed by atoms with van der Waals surface area (Å²) in [5.74, 6) is -0.970. The maximum atomic E-state index is 12.8. The van der Waals surface area contributed by atoms with Gasteiger partial charge in [0.1, 0.15) is 13.2 Å². The normalized spacial score (nSPS) is 12.9. The summed E-state index contributed by atoms with van der Waals surface area (Å²) in [5.41, 5.74) is 0. The molecule has 0 heterocycles. The van der Waals surface area contributed by atoms with Crippen LogP contribution in [0.1, 0.15) is 207 Å². The molecular weight excluding hydrogens is 745 g/mol. The van der Waals surface area contributed by atoms with E-state index in [1.54, 1.807) is 0 Å². The number of esters is 3. The van der Waals surface area contributed by atoms with Gasteiger partial charge in [-0.15, -0.1) is 0 Å². The number of hydrogen-bond acceptors (Lipinski definition) is 6. The van der Waals surface area contributed by atoms with Crippen molar-refractivity contribution in [3.63, 3.8) is 0 Å². The molecule has 6 heteroatoms. The van der Waals surface area contributed by atoms with Crippen LogP contribution in [0.25, 0.3) is 0 Å². The van der Waals surface area contributed by atoms with Gasteiger partial charge in [0.15, 0.2) is 6.10 Å². The minimum Gasteiger partial charge on any atom is -0.462 e. The molecular formula is C54H88O6. The maximum Gasteiger partial charge on any atom is 0.306 e. The molecule has 0 aromatic rings. The zero-order chi connectivity index (χ0) is 43.7. The van der Waals surface area contributed by atoms with E-state index >= 15 is 0 Å². The molecule has 0 aromatic heterocycles. The van der Waals surface area contributed by atoms with Crippen LogP contribution in [-0.2, 0) is 28.6 Å². The molecule has 6 nitrogen and oxygen atoms in total. The minimum absolute atomic E-state index is 0.103. The van der Waals surface area contributed by atoms with Crippen molar-refractivity contribution in [2.24, 2.45) is 0 Å². The Morgan fingerprint density at radius 2 is 0.650 bits per heavy atom. The maximum absolute atomic E-state index is 12.8. The number of carbonyl (C=O) groups is 3. The average Bonchev–Trinajstić information content (AvgIpc) is 3.24. The number of hydrogen-bond donors (Lipinski definition) is 0. The predicted octanol–water partition coefficient (Wildman–Crippen LogP) is 15.8. The van der Waals surface area contributed by atoms with Crippen LogP contribution in [0.15, 0.2) is 97.2 Å². The summed E-state index contributed by atoms with van der Waals surface area (Å²) >= 11 is 0. The van der Waals surface area contributed by atoms with E-state index < -0.39 is 6.10 Å². The van der Waals surface area contributed by atoms with E-state index in [2.05, 4.69) is 118 Å². The molecule has 0 amide bonds. The van der Waals surface area contributed by atoms with E-state index in [-0.39, 0.29) is 31.1 Å². The Morgan fingerprint density at radius 3 is 1.03 bits per heavy atom. The number of allylic oxidation sites excluding steroid dienone is 16. The number of ether oxygens (including phenoxy) is 3. The fourth-order valence-corrected chi connectivity index (χ4v) is 6.19. The van der Waals surface area contributed by atoms with Gasteiger partial charge < -0.3 is 14.2 Å². The molecule has 60 heavy (non-hydrogen) atoms. The van der Waals surface area contributed by atoms with Gasteiger partial charge in [-0.1, -0.05) is 176 Å². The van der Waals surface area contributed by atoms with E-state index in [0.29, 0.717) is 19.3 Å². The second-order valence-electron chi connectivity index (χ2n) is 15.6. The van der Waals surface area contributed by atoms with Gasteiger partial charge in [0, 0.05) is 19.3 Å². The lowest BCUT2D eigenvalue weighted by Gasteiger charge is -2.18. The highest BCUT2D eigenvalue weighted by molar-refractivity contribution is 5.71. The molecule has 0 bridgehead atoms. The van der Waals surface area contributed by atoms with Crippen molar-refractivity contribution < 1.29 is 28.6 Å². The van der Waals surface area contributed by atoms with E-state index in [1.807, 2.05) is 0 Å². The Hall–Kier alpha value is -3.67. The standard InChI is InChI=1S/C54H88O6/c1-4-7-10-13-16-19-22-25-27-30-32-35-38-41-44-47-53(56)59-50-51(49-58-52(55)46-43-40-37-34-31-28-24-21-18-15-12-9-6-3)60-54(57)48-45-42-39-36-33-29-26-23-20-17-14-11-8-5-2/h7,9-10,12,14,16-19,21,23,25-28,31,51H,4-6,8,11,13,15,20,22,24,29-30,32-50H2,1-3H3/b10-7-,12-9-,17-14-,19-16-,21-18-,26-23-,27-25-,31-28-. The second-order valence-corrected chi connectivity index (χ2v) is 15.6. The van der Waals surface area contributed by atoms with Crippen LogP contribution in [0.2, 0.25) is 0 Å². The fraction of sp³-hybridized carbons (Fsp3) is 0.648. The Labute approximate surface area is 368 Å². The third kappa shape index (κ3) is 45.4. The van der Waals surface area contributed by atoms with Crippen molar-refractivity contribution in [3.8, 4) is 0 Å². The molecule has 0 aliphatic heterocycles. The summed E-state index contributed by atoms with van der Waals surface area (Å²) in [5, 5.41) is 0. The van der Waals surface area contributed by atoms with Crippen molar-refractivity contribution in [2.45, 2.75) is 213 Å². The van der Waals surface area contributed by atoms with Crippen molar-refractivity contribution in [1.29, 1.82) is 0 Å². The largest absolute Gasteiger partial charge is 0.462 e. The van der Waals surface area contributed by atoms with Gasteiger partial charge in [0.05, 0.1) is 0 Å². The lowest BCUT2D eigenvalue weighted by Crippen LogP contribution is -2.30. The zero-order valence-electron chi connectivity index (χ0n) is 38.7. The molecule has 0 saturated carbocycles. The van der Waals surface area contributed by atoms with Crippen molar-refractivity contribution >= 4 is 17.9 Å². The number of unbranched alkanes of at least 4 members (excludes halogenated alkanes) is 15. The van der Waals surface area contributed by atoms with Gasteiger partial charge >= 0.3 is 17.9 Å². The van der Waals surface area contributed by atoms with Crippen LogP contribution in [0.5, 0.6) is 0 Å². The fourth-order valence-electron chi connectivity index (χ4n) is 6.19. The Bertz CT molecular complexity index is 1230. The topological polar surface area (TPSA) is 78.9 Å². The third-order valence-corrected chi connectivity index (χ3v) is 9.80. The van der Waals surface area contributed by atoms with Crippen LogP contribution in [0.4, 0.5) is 0 Å². The first kappa shape index (κ1) is 56.3. The van der Waals surface area contributed by atoms with Gasteiger partial charge in [-0.05, 0) is 109 Å². The smallest absolute Gasteiger partial charge is 0.306 e. The summed E-state index contributed by atoms with van der Waals surface area (Å²) in [6.45, 7) is 6.30. The molecule has 0 N–H and O–H groups in total. The summed E-state index contributed by atoms with van der Waals surface area (Å²) < 4.78 is 16.7.